The molecule has 3 nitrogen and oxygen atoms in total. The Labute approximate surface area is 119 Å². The Morgan fingerprint density at radius 1 is 1.00 bits per heavy atom. The fraction of sp³-hybridized carbons (Fsp3) is 0.235. The Kier molecular flexibility index (Phi) is 3.79. The van der Waals surface area contributed by atoms with E-state index in [9.17, 15) is 9.90 Å². The van der Waals surface area contributed by atoms with E-state index in [-0.39, 0.29) is 0 Å². The molecule has 0 aliphatic carbocycles. The zero-order valence-electron chi connectivity index (χ0n) is 12.3. The van der Waals surface area contributed by atoms with Gasteiger partial charge in [-0.2, -0.15) is 0 Å². The molecule has 0 heterocycles. The van der Waals surface area contributed by atoms with Crippen molar-refractivity contribution in [3.8, 4) is 11.1 Å². The van der Waals surface area contributed by atoms with Crippen molar-refractivity contribution in [1.82, 2.24) is 0 Å². The zero-order chi connectivity index (χ0) is 14.9. The second kappa shape index (κ2) is 5.37. The van der Waals surface area contributed by atoms with Crippen LogP contribution in [0.3, 0.4) is 0 Å². The van der Waals surface area contributed by atoms with Crippen molar-refractivity contribution in [3.05, 3.63) is 53.1 Å². The van der Waals surface area contributed by atoms with Crippen molar-refractivity contribution in [2.75, 3.05) is 19.0 Å². The van der Waals surface area contributed by atoms with E-state index in [1.54, 1.807) is 6.07 Å². The highest BCUT2D eigenvalue weighted by Crippen LogP contribution is 2.28. The summed E-state index contributed by atoms with van der Waals surface area (Å²) in [6.45, 7) is 3.84. The molecule has 20 heavy (non-hydrogen) atoms. The Balaban J connectivity index is 2.51. The highest BCUT2D eigenvalue weighted by molar-refractivity contribution is 5.91. The normalized spacial score (nSPS) is 10.4. The van der Waals surface area contributed by atoms with Crippen molar-refractivity contribution in [2.24, 2.45) is 0 Å². The Hall–Kier alpha value is -2.29. The van der Waals surface area contributed by atoms with Crippen LogP contribution >= 0.6 is 0 Å². The second-order valence-electron chi connectivity index (χ2n) is 5.23. The van der Waals surface area contributed by atoms with Gasteiger partial charge in [0.1, 0.15) is 0 Å². The summed E-state index contributed by atoms with van der Waals surface area (Å²) in [4.78, 5) is 13.3. The molecular weight excluding hydrogens is 250 g/mol. The summed E-state index contributed by atoms with van der Waals surface area (Å²) in [6, 6.07) is 11.8. The zero-order valence-corrected chi connectivity index (χ0v) is 12.3. The highest BCUT2D eigenvalue weighted by atomic mass is 16.4. The van der Waals surface area contributed by atoms with Crippen LogP contribution in [-0.2, 0) is 0 Å². The molecule has 1 N–H and O–H groups in total. The van der Waals surface area contributed by atoms with E-state index in [4.69, 9.17) is 0 Å². The highest BCUT2D eigenvalue weighted by Gasteiger charge is 2.11. The summed E-state index contributed by atoms with van der Waals surface area (Å²) in [5, 5.41) is 9.24. The van der Waals surface area contributed by atoms with E-state index in [0.29, 0.717) is 5.56 Å². The number of hydrogen-bond acceptors (Lipinski definition) is 2. The molecular formula is C17H19NO2. The fourth-order valence-electron chi connectivity index (χ4n) is 2.33. The van der Waals surface area contributed by atoms with Crippen molar-refractivity contribution >= 4 is 11.7 Å². The summed E-state index contributed by atoms with van der Waals surface area (Å²) in [5.74, 6) is -0.881. The SMILES string of the molecule is Cc1cc(C)c(-c2ccc(N(C)C)cc2)cc1C(=O)O. The average Bonchev–Trinajstić information content (AvgIpc) is 2.38. The maximum Gasteiger partial charge on any atom is 0.335 e. The first kappa shape index (κ1) is 14.1. The van der Waals surface area contributed by atoms with Gasteiger partial charge in [-0.3, -0.25) is 0 Å². The van der Waals surface area contributed by atoms with Gasteiger partial charge in [-0.05, 0) is 54.3 Å². The lowest BCUT2D eigenvalue weighted by atomic mass is 9.95. The monoisotopic (exact) mass is 269 g/mol. The molecule has 0 saturated heterocycles. The number of hydrogen-bond donors (Lipinski definition) is 1. The topological polar surface area (TPSA) is 40.5 Å². The van der Waals surface area contributed by atoms with Gasteiger partial charge in [-0.25, -0.2) is 4.79 Å². The largest absolute Gasteiger partial charge is 0.478 e. The predicted molar refractivity (Wildman–Crippen MR) is 82.6 cm³/mol. The van der Waals surface area contributed by atoms with Crippen LogP contribution in [0.1, 0.15) is 21.5 Å². The Bertz CT molecular complexity index is 643. The van der Waals surface area contributed by atoms with Crippen LogP contribution in [0.2, 0.25) is 0 Å². The molecule has 0 fully saturated rings. The van der Waals surface area contributed by atoms with Gasteiger partial charge in [0.2, 0.25) is 0 Å². The third-order valence-corrected chi connectivity index (χ3v) is 3.50. The molecule has 2 aromatic rings. The molecule has 0 amide bonds. The number of benzene rings is 2. The maximum absolute atomic E-state index is 11.3. The van der Waals surface area contributed by atoms with E-state index < -0.39 is 5.97 Å². The van der Waals surface area contributed by atoms with Crippen molar-refractivity contribution < 1.29 is 9.90 Å². The number of carbonyl (C=O) groups is 1. The third kappa shape index (κ3) is 2.67. The molecule has 0 aromatic heterocycles. The first-order valence-electron chi connectivity index (χ1n) is 6.52. The summed E-state index contributed by atoms with van der Waals surface area (Å²) in [5.41, 5.74) is 5.38. The van der Waals surface area contributed by atoms with Crippen molar-refractivity contribution in [1.29, 1.82) is 0 Å². The molecule has 0 bridgehead atoms. The van der Waals surface area contributed by atoms with Crippen LogP contribution in [0.4, 0.5) is 5.69 Å². The van der Waals surface area contributed by atoms with E-state index in [0.717, 1.165) is 27.9 Å². The minimum atomic E-state index is -0.881. The summed E-state index contributed by atoms with van der Waals surface area (Å²) < 4.78 is 0. The van der Waals surface area contributed by atoms with Gasteiger partial charge in [-0.1, -0.05) is 18.2 Å². The standard InChI is InChI=1S/C17H19NO2/c1-11-9-12(2)16(17(19)20)10-15(11)13-5-7-14(8-6-13)18(3)4/h5-10H,1-4H3,(H,19,20). The van der Waals surface area contributed by atoms with Gasteiger partial charge < -0.3 is 10.0 Å². The van der Waals surface area contributed by atoms with Crippen LogP contribution in [0.25, 0.3) is 11.1 Å². The van der Waals surface area contributed by atoms with E-state index in [1.165, 1.54) is 0 Å². The molecule has 0 atom stereocenters. The molecule has 3 heteroatoms. The number of aryl methyl sites for hydroxylation is 2. The summed E-state index contributed by atoms with van der Waals surface area (Å²) in [7, 11) is 3.99. The fourth-order valence-corrected chi connectivity index (χ4v) is 2.33. The van der Waals surface area contributed by atoms with Gasteiger partial charge in [-0.15, -0.1) is 0 Å². The molecule has 0 spiro atoms. The van der Waals surface area contributed by atoms with Crippen LogP contribution < -0.4 is 4.90 Å². The molecule has 0 radical (unpaired) electrons. The molecule has 0 aliphatic rings. The lowest BCUT2D eigenvalue weighted by Gasteiger charge is -2.14. The lowest BCUT2D eigenvalue weighted by molar-refractivity contribution is 0.0696. The minimum Gasteiger partial charge on any atom is -0.478 e. The molecule has 2 rings (SSSR count). The first-order valence-corrected chi connectivity index (χ1v) is 6.52. The summed E-state index contributed by atoms with van der Waals surface area (Å²) in [6.07, 6.45) is 0. The van der Waals surface area contributed by atoms with Crippen LogP contribution in [-0.4, -0.2) is 25.2 Å². The quantitative estimate of drug-likeness (QED) is 0.923. The molecule has 2 aromatic carbocycles. The van der Waals surface area contributed by atoms with Crippen LogP contribution in [0.15, 0.2) is 36.4 Å². The number of rotatable bonds is 3. The molecule has 0 unspecified atom stereocenters. The molecule has 0 aliphatic heterocycles. The first-order chi connectivity index (χ1) is 9.40. The van der Waals surface area contributed by atoms with Crippen molar-refractivity contribution in [2.45, 2.75) is 13.8 Å². The van der Waals surface area contributed by atoms with Crippen LogP contribution in [0, 0.1) is 13.8 Å². The smallest absolute Gasteiger partial charge is 0.335 e. The van der Waals surface area contributed by atoms with Gasteiger partial charge >= 0.3 is 5.97 Å². The lowest BCUT2D eigenvalue weighted by Crippen LogP contribution is -2.08. The number of anilines is 1. The average molecular weight is 269 g/mol. The van der Waals surface area contributed by atoms with E-state index in [1.807, 2.05) is 63.2 Å². The minimum absolute atomic E-state index is 0.363. The van der Waals surface area contributed by atoms with Crippen LogP contribution in [0.5, 0.6) is 0 Å². The number of aromatic carboxylic acids is 1. The maximum atomic E-state index is 11.3. The van der Waals surface area contributed by atoms with Gasteiger partial charge in [0.15, 0.2) is 0 Å². The summed E-state index contributed by atoms with van der Waals surface area (Å²) >= 11 is 0. The third-order valence-electron chi connectivity index (χ3n) is 3.50. The van der Waals surface area contributed by atoms with Gasteiger partial charge in [0, 0.05) is 19.8 Å². The second-order valence-corrected chi connectivity index (χ2v) is 5.23. The van der Waals surface area contributed by atoms with Gasteiger partial charge in [0.25, 0.3) is 0 Å². The van der Waals surface area contributed by atoms with E-state index >= 15 is 0 Å². The van der Waals surface area contributed by atoms with Crippen molar-refractivity contribution in [3.63, 3.8) is 0 Å². The molecule has 104 valence electrons. The Morgan fingerprint density at radius 3 is 2.10 bits per heavy atom. The predicted octanol–water partition coefficient (Wildman–Crippen LogP) is 3.73. The van der Waals surface area contributed by atoms with Gasteiger partial charge in [0.05, 0.1) is 5.56 Å². The number of nitrogens with zero attached hydrogens (tertiary/aromatic N) is 1. The van der Waals surface area contributed by atoms with E-state index in [2.05, 4.69) is 0 Å². The number of carboxylic acid groups (broad SMARTS) is 1. The number of carboxylic acids is 1. The Morgan fingerprint density at radius 2 is 1.60 bits per heavy atom. The molecule has 0 saturated carbocycles.